The van der Waals surface area contributed by atoms with Gasteiger partial charge >= 0.3 is 0 Å². The molecule has 4 nitrogen and oxygen atoms in total. The molecule has 0 spiro atoms. The van der Waals surface area contributed by atoms with Gasteiger partial charge in [-0.25, -0.2) is 0 Å². The predicted molar refractivity (Wildman–Crippen MR) is 77.3 cm³/mol. The molecule has 1 fully saturated rings. The highest BCUT2D eigenvalue weighted by molar-refractivity contribution is 6.42. The van der Waals surface area contributed by atoms with Gasteiger partial charge in [0.05, 0.1) is 23.3 Å². The fraction of sp³-hybridized carbons (Fsp3) is 0.500. The van der Waals surface area contributed by atoms with Crippen molar-refractivity contribution in [3.05, 3.63) is 33.8 Å². The van der Waals surface area contributed by atoms with Crippen LogP contribution in [0, 0.1) is 0 Å². The molecule has 0 aromatic heterocycles. The van der Waals surface area contributed by atoms with Crippen LogP contribution in [0.25, 0.3) is 0 Å². The van der Waals surface area contributed by atoms with Gasteiger partial charge in [-0.05, 0) is 17.7 Å². The Labute approximate surface area is 128 Å². The summed E-state index contributed by atoms with van der Waals surface area (Å²) in [4.78, 5) is 0. The van der Waals surface area contributed by atoms with E-state index in [2.05, 4.69) is 5.32 Å². The van der Waals surface area contributed by atoms with Gasteiger partial charge in [-0.1, -0.05) is 29.3 Å². The molecule has 0 bridgehead atoms. The normalized spacial score (nSPS) is 27.5. The van der Waals surface area contributed by atoms with Crippen LogP contribution >= 0.6 is 35.6 Å². The third-order valence-electron chi connectivity index (χ3n) is 3.00. The van der Waals surface area contributed by atoms with Gasteiger partial charge < -0.3 is 20.3 Å². The summed E-state index contributed by atoms with van der Waals surface area (Å²) >= 11 is 11.8. The fourth-order valence-corrected chi connectivity index (χ4v) is 2.33. The lowest BCUT2D eigenvalue weighted by molar-refractivity contribution is -0.119. The zero-order chi connectivity index (χ0) is 13.2. The van der Waals surface area contributed by atoms with Crippen LogP contribution in [-0.4, -0.2) is 42.1 Å². The standard InChI is InChI=1S/C12H15Cl2NO3.ClH/c13-9-2-1-8(5-10(9)14)11-12(17,7-16)6-15-3-4-18-11;/h1-2,5,11,15-17H,3-4,6-7H2;1H. The van der Waals surface area contributed by atoms with Crippen LogP contribution in [0.5, 0.6) is 0 Å². The summed E-state index contributed by atoms with van der Waals surface area (Å²) in [5, 5.41) is 23.7. The summed E-state index contributed by atoms with van der Waals surface area (Å²) in [6, 6.07) is 5.05. The SMILES string of the molecule is Cl.OCC1(O)CNCCOC1c1ccc(Cl)c(Cl)c1. The van der Waals surface area contributed by atoms with Crippen LogP contribution in [-0.2, 0) is 4.74 Å². The molecule has 0 radical (unpaired) electrons. The van der Waals surface area contributed by atoms with Crippen LogP contribution in [0.4, 0.5) is 0 Å². The molecule has 1 aliphatic heterocycles. The zero-order valence-corrected chi connectivity index (χ0v) is 12.4. The Morgan fingerprint density at radius 1 is 1.37 bits per heavy atom. The molecule has 1 aliphatic rings. The third kappa shape index (κ3) is 3.73. The molecular formula is C12H16Cl3NO3. The van der Waals surface area contributed by atoms with E-state index in [1.54, 1.807) is 18.2 Å². The Morgan fingerprint density at radius 3 is 2.74 bits per heavy atom. The quantitative estimate of drug-likeness (QED) is 0.775. The highest BCUT2D eigenvalue weighted by atomic mass is 35.5. The Balaban J connectivity index is 0.00000180. The maximum Gasteiger partial charge on any atom is 0.130 e. The van der Waals surface area contributed by atoms with E-state index in [0.29, 0.717) is 28.8 Å². The molecule has 1 aromatic rings. The fourth-order valence-electron chi connectivity index (χ4n) is 2.02. The van der Waals surface area contributed by atoms with E-state index in [1.165, 1.54) is 0 Å². The monoisotopic (exact) mass is 327 g/mol. The van der Waals surface area contributed by atoms with E-state index >= 15 is 0 Å². The van der Waals surface area contributed by atoms with Gasteiger partial charge in [-0.2, -0.15) is 0 Å². The molecule has 2 unspecified atom stereocenters. The Hall–Kier alpha value is -0.0700. The smallest absolute Gasteiger partial charge is 0.130 e. The van der Waals surface area contributed by atoms with Gasteiger partial charge in [-0.3, -0.25) is 0 Å². The number of hydrogen-bond acceptors (Lipinski definition) is 4. The minimum absolute atomic E-state index is 0. The zero-order valence-electron chi connectivity index (χ0n) is 10.1. The molecule has 0 saturated carbocycles. The summed E-state index contributed by atoms with van der Waals surface area (Å²) in [5.74, 6) is 0. The van der Waals surface area contributed by atoms with Gasteiger partial charge in [0.2, 0.25) is 0 Å². The van der Waals surface area contributed by atoms with Gasteiger partial charge in [0.15, 0.2) is 0 Å². The number of nitrogens with one attached hydrogen (secondary N) is 1. The minimum atomic E-state index is -1.37. The van der Waals surface area contributed by atoms with Gasteiger partial charge in [0.1, 0.15) is 11.7 Å². The molecule has 2 atom stereocenters. The van der Waals surface area contributed by atoms with Crippen LogP contribution < -0.4 is 5.32 Å². The van der Waals surface area contributed by atoms with E-state index in [-0.39, 0.29) is 19.0 Å². The number of hydrogen-bond donors (Lipinski definition) is 3. The lowest BCUT2D eigenvalue weighted by atomic mass is 9.91. The number of rotatable bonds is 2. The lowest BCUT2D eigenvalue weighted by Crippen LogP contribution is -2.47. The third-order valence-corrected chi connectivity index (χ3v) is 3.74. The number of aliphatic hydroxyl groups excluding tert-OH is 1. The molecule has 0 aliphatic carbocycles. The molecular weight excluding hydrogens is 312 g/mol. The van der Waals surface area contributed by atoms with E-state index in [0.717, 1.165) is 0 Å². The summed E-state index contributed by atoms with van der Waals surface area (Å²) in [6.07, 6.45) is -0.632. The number of β-amino-alcohol motifs (C(OH)–C–C–N with tert-alkyl or cyclic N) is 1. The number of halogens is 3. The molecule has 1 aromatic carbocycles. The van der Waals surface area contributed by atoms with Crippen LogP contribution in [0.1, 0.15) is 11.7 Å². The van der Waals surface area contributed by atoms with Crippen molar-refractivity contribution in [2.45, 2.75) is 11.7 Å². The summed E-state index contributed by atoms with van der Waals surface area (Å²) < 4.78 is 5.62. The summed E-state index contributed by atoms with van der Waals surface area (Å²) in [7, 11) is 0. The molecule has 1 heterocycles. The van der Waals surface area contributed by atoms with Crippen molar-refractivity contribution in [3.8, 4) is 0 Å². The average Bonchev–Trinajstić information content (AvgIpc) is 2.55. The second-order valence-electron chi connectivity index (χ2n) is 4.36. The van der Waals surface area contributed by atoms with Gasteiger partial charge in [0.25, 0.3) is 0 Å². The van der Waals surface area contributed by atoms with Crippen LogP contribution in [0.2, 0.25) is 10.0 Å². The van der Waals surface area contributed by atoms with Crippen molar-refractivity contribution >= 4 is 35.6 Å². The molecule has 2 rings (SSSR count). The Bertz CT molecular complexity index is 433. The van der Waals surface area contributed by atoms with Crippen molar-refractivity contribution in [2.75, 3.05) is 26.3 Å². The van der Waals surface area contributed by atoms with Crippen molar-refractivity contribution in [1.82, 2.24) is 5.32 Å². The highest BCUT2D eigenvalue weighted by Crippen LogP contribution is 2.34. The minimum Gasteiger partial charge on any atom is -0.393 e. The first kappa shape index (κ1) is 17.0. The van der Waals surface area contributed by atoms with E-state index in [1.807, 2.05) is 0 Å². The Kier molecular flexibility index (Phi) is 6.33. The van der Waals surface area contributed by atoms with Crippen molar-refractivity contribution in [2.24, 2.45) is 0 Å². The summed E-state index contributed by atoms with van der Waals surface area (Å²) in [6.45, 7) is 0.937. The molecule has 0 amide bonds. The first-order valence-electron chi connectivity index (χ1n) is 5.67. The maximum absolute atomic E-state index is 10.4. The first-order valence-corrected chi connectivity index (χ1v) is 6.43. The maximum atomic E-state index is 10.4. The number of ether oxygens (including phenoxy) is 1. The van der Waals surface area contributed by atoms with Crippen molar-refractivity contribution < 1.29 is 14.9 Å². The second kappa shape index (κ2) is 7.09. The molecule has 1 saturated heterocycles. The molecule has 108 valence electrons. The van der Waals surface area contributed by atoms with Crippen LogP contribution in [0.3, 0.4) is 0 Å². The Morgan fingerprint density at radius 2 is 2.11 bits per heavy atom. The van der Waals surface area contributed by atoms with E-state index in [9.17, 15) is 10.2 Å². The van der Waals surface area contributed by atoms with Crippen molar-refractivity contribution in [3.63, 3.8) is 0 Å². The number of benzene rings is 1. The average molecular weight is 329 g/mol. The first-order chi connectivity index (χ1) is 8.57. The topological polar surface area (TPSA) is 61.7 Å². The number of aliphatic hydroxyl groups is 2. The van der Waals surface area contributed by atoms with E-state index in [4.69, 9.17) is 27.9 Å². The lowest BCUT2D eigenvalue weighted by Gasteiger charge is -2.32. The highest BCUT2D eigenvalue weighted by Gasteiger charge is 2.39. The molecule has 3 N–H and O–H groups in total. The molecule has 7 heteroatoms. The van der Waals surface area contributed by atoms with Gasteiger partial charge in [0, 0.05) is 13.1 Å². The second-order valence-corrected chi connectivity index (χ2v) is 5.18. The summed E-state index contributed by atoms with van der Waals surface area (Å²) in [5.41, 5.74) is -0.669. The van der Waals surface area contributed by atoms with Gasteiger partial charge in [-0.15, -0.1) is 12.4 Å². The molecule has 19 heavy (non-hydrogen) atoms. The largest absolute Gasteiger partial charge is 0.393 e. The van der Waals surface area contributed by atoms with Crippen LogP contribution in [0.15, 0.2) is 18.2 Å². The predicted octanol–water partition coefficient (Wildman–Crippen LogP) is 1.80. The van der Waals surface area contributed by atoms with E-state index < -0.39 is 18.3 Å². The van der Waals surface area contributed by atoms with Crippen molar-refractivity contribution in [1.29, 1.82) is 0 Å².